The molecule has 0 atom stereocenters. The van der Waals surface area contributed by atoms with Gasteiger partial charge in [-0.2, -0.15) is 5.26 Å². The van der Waals surface area contributed by atoms with Gasteiger partial charge in [0.15, 0.2) is 0 Å². The van der Waals surface area contributed by atoms with Gasteiger partial charge in [0.25, 0.3) is 0 Å². The van der Waals surface area contributed by atoms with Gasteiger partial charge in [-0.25, -0.2) is 4.98 Å². The first kappa shape index (κ1) is 10.1. The molecule has 1 fully saturated rings. The summed E-state index contributed by atoms with van der Waals surface area (Å²) < 4.78 is 0. The number of nitrogens with zero attached hydrogens (tertiary/aromatic N) is 2. The summed E-state index contributed by atoms with van der Waals surface area (Å²) in [6, 6.07) is 6.51. The quantitative estimate of drug-likeness (QED) is 0.811. The smallest absolute Gasteiger partial charge is 0.140 e. The van der Waals surface area contributed by atoms with Crippen molar-refractivity contribution in [1.82, 2.24) is 10.3 Å². The van der Waals surface area contributed by atoms with Gasteiger partial charge in [-0.1, -0.05) is 6.92 Å². The molecule has 0 spiro atoms. The monoisotopic (exact) mass is 201 g/mol. The fourth-order valence-electron chi connectivity index (χ4n) is 1.98. The van der Waals surface area contributed by atoms with Gasteiger partial charge in [0.1, 0.15) is 11.8 Å². The second-order valence-electron chi connectivity index (χ2n) is 4.32. The minimum Gasteiger partial charge on any atom is -0.310 e. The summed E-state index contributed by atoms with van der Waals surface area (Å²) >= 11 is 0. The van der Waals surface area contributed by atoms with Crippen LogP contribution in [0.1, 0.15) is 31.0 Å². The average Bonchev–Trinajstić information content (AvgIpc) is 2.23. The highest BCUT2D eigenvalue weighted by Crippen LogP contribution is 2.26. The molecule has 0 unspecified atom stereocenters. The number of nitrogens with one attached hydrogen (secondary N) is 1. The Balaban J connectivity index is 1.86. The third-order valence-corrected chi connectivity index (χ3v) is 2.91. The van der Waals surface area contributed by atoms with E-state index in [0.29, 0.717) is 11.7 Å². The summed E-state index contributed by atoms with van der Waals surface area (Å²) in [5, 5.41) is 12.2. The van der Waals surface area contributed by atoms with Crippen LogP contribution in [0.25, 0.3) is 0 Å². The summed E-state index contributed by atoms with van der Waals surface area (Å²) in [5.41, 5.74) is 1.64. The molecule has 1 N–H and O–H groups in total. The number of hydrogen-bond acceptors (Lipinski definition) is 3. The number of rotatable bonds is 3. The Hall–Kier alpha value is -1.40. The summed E-state index contributed by atoms with van der Waals surface area (Å²) in [6.45, 7) is 3.12. The molecule has 1 saturated carbocycles. The second kappa shape index (κ2) is 4.41. The Labute approximate surface area is 90.1 Å². The molecule has 3 heteroatoms. The molecule has 2 rings (SSSR count). The van der Waals surface area contributed by atoms with E-state index < -0.39 is 0 Å². The molecule has 0 bridgehead atoms. The van der Waals surface area contributed by atoms with Gasteiger partial charge in [0.05, 0.1) is 0 Å². The van der Waals surface area contributed by atoms with Crippen molar-refractivity contribution in [3.8, 4) is 6.07 Å². The molecule has 0 aliphatic heterocycles. The molecule has 0 aromatic carbocycles. The molecular formula is C12H15N3. The lowest BCUT2D eigenvalue weighted by Crippen LogP contribution is -2.39. The van der Waals surface area contributed by atoms with E-state index in [0.717, 1.165) is 18.0 Å². The molecule has 78 valence electrons. The van der Waals surface area contributed by atoms with Gasteiger partial charge in [-0.3, -0.25) is 0 Å². The van der Waals surface area contributed by atoms with Crippen LogP contribution in [-0.4, -0.2) is 11.0 Å². The van der Waals surface area contributed by atoms with Crippen LogP contribution < -0.4 is 5.32 Å². The number of pyridine rings is 1. The Morgan fingerprint density at radius 3 is 3.07 bits per heavy atom. The zero-order valence-electron chi connectivity index (χ0n) is 8.90. The molecule has 1 aromatic heterocycles. The van der Waals surface area contributed by atoms with E-state index in [1.165, 1.54) is 12.8 Å². The second-order valence-corrected chi connectivity index (χ2v) is 4.32. The van der Waals surface area contributed by atoms with Gasteiger partial charge < -0.3 is 5.32 Å². The highest BCUT2D eigenvalue weighted by molar-refractivity contribution is 5.25. The largest absolute Gasteiger partial charge is 0.310 e. The normalized spacial score (nSPS) is 24.3. The van der Waals surface area contributed by atoms with Crippen LogP contribution in [0.5, 0.6) is 0 Å². The maximum absolute atomic E-state index is 8.70. The molecule has 1 aromatic rings. The molecule has 15 heavy (non-hydrogen) atoms. The van der Waals surface area contributed by atoms with Crippen molar-refractivity contribution in [2.24, 2.45) is 5.92 Å². The first-order valence-electron chi connectivity index (χ1n) is 5.36. The number of aromatic nitrogens is 1. The topological polar surface area (TPSA) is 48.7 Å². The van der Waals surface area contributed by atoms with Crippen molar-refractivity contribution in [1.29, 1.82) is 5.26 Å². The Kier molecular flexibility index (Phi) is 2.98. The van der Waals surface area contributed by atoms with Crippen LogP contribution in [0, 0.1) is 17.2 Å². The summed E-state index contributed by atoms with van der Waals surface area (Å²) in [6.07, 6.45) is 4.24. The Morgan fingerprint density at radius 1 is 1.60 bits per heavy atom. The summed E-state index contributed by atoms with van der Waals surface area (Å²) in [7, 11) is 0. The van der Waals surface area contributed by atoms with Crippen LogP contribution >= 0.6 is 0 Å². The van der Waals surface area contributed by atoms with Gasteiger partial charge in [0.2, 0.25) is 0 Å². The standard InChI is InChI=1S/C12H15N3/c1-9-4-11(5-9)15-8-10-2-3-14-12(6-10)7-13/h2-3,6,9,11,15H,4-5,8H2,1H3. The molecule has 0 saturated heterocycles. The third-order valence-electron chi connectivity index (χ3n) is 2.91. The van der Waals surface area contributed by atoms with Crippen LogP contribution in [0.3, 0.4) is 0 Å². The molecule has 1 aliphatic carbocycles. The van der Waals surface area contributed by atoms with Gasteiger partial charge >= 0.3 is 0 Å². The fraction of sp³-hybridized carbons (Fsp3) is 0.500. The van der Waals surface area contributed by atoms with E-state index in [4.69, 9.17) is 5.26 Å². The van der Waals surface area contributed by atoms with Crippen molar-refractivity contribution in [2.75, 3.05) is 0 Å². The maximum Gasteiger partial charge on any atom is 0.140 e. The predicted octanol–water partition coefficient (Wildman–Crippen LogP) is 1.84. The minimum absolute atomic E-state index is 0.497. The van der Waals surface area contributed by atoms with Crippen LogP contribution in [-0.2, 0) is 6.54 Å². The van der Waals surface area contributed by atoms with Crippen molar-refractivity contribution in [2.45, 2.75) is 32.4 Å². The lowest BCUT2D eigenvalue weighted by Gasteiger charge is -2.33. The highest BCUT2D eigenvalue weighted by atomic mass is 14.9. The fourth-order valence-corrected chi connectivity index (χ4v) is 1.98. The first-order valence-corrected chi connectivity index (χ1v) is 5.36. The van der Waals surface area contributed by atoms with Crippen molar-refractivity contribution >= 4 is 0 Å². The van der Waals surface area contributed by atoms with Crippen molar-refractivity contribution in [3.63, 3.8) is 0 Å². The maximum atomic E-state index is 8.70. The molecule has 3 nitrogen and oxygen atoms in total. The third kappa shape index (κ3) is 2.54. The zero-order valence-corrected chi connectivity index (χ0v) is 8.90. The lowest BCUT2D eigenvalue weighted by molar-refractivity contribution is 0.240. The number of hydrogen-bond donors (Lipinski definition) is 1. The molecular weight excluding hydrogens is 186 g/mol. The van der Waals surface area contributed by atoms with E-state index in [-0.39, 0.29) is 0 Å². The van der Waals surface area contributed by atoms with Gasteiger partial charge in [-0.15, -0.1) is 0 Å². The summed E-state index contributed by atoms with van der Waals surface area (Å²) in [4.78, 5) is 3.94. The van der Waals surface area contributed by atoms with E-state index in [9.17, 15) is 0 Å². The van der Waals surface area contributed by atoms with Gasteiger partial charge in [-0.05, 0) is 36.5 Å². The predicted molar refractivity (Wildman–Crippen MR) is 58.0 cm³/mol. The molecule has 1 aliphatic rings. The van der Waals surface area contributed by atoms with E-state index >= 15 is 0 Å². The first-order chi connectivity index (χ1) is 7.28. The van der Waals surface area contributed by atoms with Crippen LogP contribution in [0.15, 0.2) is 18.3 Å². The minimum atomic E-state index is 0.497. The number of nitriles is 1. The molecule has 1 heterocycles. The molecule has 0 amide bonds. The van der Waals surface area contributed by atoms with Crippen LogP contribution in [0.4, 0.5) is 0 Å². The summed E-state index contributed by atoms with van der Waals surface area (Å²) in [5.74, 6) is 0.870. The van der Waals surface area contributed by atoms with Crippen LogP contribution in [0.2, 0.25) is 0 Å². The highest BCUT2D eigenvalue weighted by Gasteiger charge is 2.24. The van der Waals surface area contributed by atoms with Gasteiger partial charge in [0, 0.05) is 18.8 Å². The SMILES string of the molecule is CC1CC(NCc2ccnc(C#N)c2)C1. The zero-order chi connectivity index (χ0) is 10.7. The Morgan fingerprint density at radius 2 is 2.40 bits per heavy atom. The van der Waals surface area contributed by atoms with E-state index in [1.54, 1.807) is 6.20 Å². The van der Waals surface area contributed by atoms with E-state index in [2.05, 4.69) is 23.3 Å². The average molecular weight is 201 g/mol. The van der Waals surface area contributed by atoms with Crippen molar-refractivity contribution in [3.05, 3.63) is 29.6 Å². The lowest BCUT2D eigenvalue weighted by atomic mass is 9.82. The van der Waals surface area contributed by atoms with Crippen molar-refractivity contribution < 1.29 is 0 Å². The Bertz CT molecular complexity index is 375. The van der Waals surface area contributed by atoms with E-state index in [1.807, 2.05) is 12.1 Å². The molecule has 0 radical (unpaired) electrons.